The Morgan fingerprint density at radius 1 is 1.00 bits per heavy atom. The van der Waals surface area contributed by atoms with E-state index < -0.39 is 17.8 Å². The minimum absolute atomic E-state index is 0.0484. The first-order valence-corrected chi connectivity index (χ1v) is 12.4. The molecular formula is C30H35FN2O3. The molecule has 0 radical (unpaired) electrons. The van der Waals surface area contributed by atoms with Gasteiger partial charge in [-0.3, -0.25) is 9.59 Å². The van der Waals surface area contributed by atoms with Crippen LogP contribution in [0.25, 0.3) is 0 Å². The van der Waals surface area contributed by atoms with Crippen LogP contribution in [0.2, 0.25) is 0 Å². The molecule has 0 spiro atoms. The van der Waals surface area contributed by atoms with Gasteiger partial charge in [0.2, 0.25) is 5.91 Å². The van der Waals surface area contributed by atoms with E-state index in [9.17, 15) is 14.0 Å². The average Bonchev–Trinajstić information content (AvgIpc) is 2.87. The predicted molar refractivity (Wildman–Crippen MR) is 140 cm³/mol. The SMILES string of the molecule is CC[C@H](C)NC(=O)[C@H](Cc1ccccc1)N(Cc1ccccc1F)C(=O)COc1ccc(C)cc1C. The van der Waals surface area contributed by atoms with Crippen LogP contribution in [0.3, 0.4) is 0 Å². The zero-order valence-corrected chi connectivity index (χ0v) is 21.5. The number of amides is 2. The molecule has 0 saturated carbocycles. The molecule has 0 saturated heterocycles. The van der Waals surface area contributed by atoms with Gasteiger partial charge in [0.25, 0.3) is 5.91 Å². The highest BCUT2D eigenvalue weighted by atomic mass is 19.1. The summed E-state index contributed by atoms with van der Waals surface area (Å²) in [5.74, 6) is -0.488. The van der Waals surface area contributed by atoms with Gasteiger partial charge >= 0.3 is 0 Å². The molecule has 3 aromatic rings. The predicted octanol–water partition coefficient (Wildman–Crippen LogP) is 5.38. The Labute approximate surface area is 213 Å². The van der Waals surface area contributed by atoms with E-state index in [2.05, 4.69) is 5.32 Å². The fraction of sp³-hybridized carbons (Fsp3) is 0.333. The van der Waals surface area contributed by atoms with Crippen LogP contribution in [0.15, 0.2) is 72.8 Å². The van der Waals surface area contributed by atoms with Crippen LogP contribution in [-0.2, 0) is 22.6 Å². The summed E-state index contributed by atoms with van der Waals surface area (Å²) in [5.41, 5.74) is 3.26. The Bertz CT molecular complexity index is 1170. The summed E-state index contributed by atoms with van der Waals surface area (Å²) >= 11 is 0. The lowest BCUT2D eigenvalue weighted by molar-refractivity contribution is -0.143. The summed E-state index contributed by atoms with van der Waals surface area (Å²) < 4.78 is 20.5. The molecule has 0 bridgehead atoms. The van der Waals surface area contributed by atoms with Gasteiger partial charge in [-0.2, -0.15) is 0 Å². The molecule has 0 heterocycles. The fourth-order valence-electron chi connectivity index (χ4n) is 3.99. The molecule has 0 fully saturated rings. The molecule has 6 heteroatoms. The van der Waals surface area contributed by atoms with E-state index in [4.69, 9.17) is 4.74 Å². The molecule has 36 heavy (non-hydrogen) atoms. The summed E-state index contributed by atoms with van der Waals surface area (Å²) in [7, 11) is 0. The van der Waals surface area contributed by atoms with Gasteiger partial charge in [0.15, 0.2) is 6.61 Å². The topological polar surface area (TPSA) is 58.6 Å². The van der Waals surface area contributed by atoms with Crippen molar-refractivity contribution in [2.24, 2.45) is 0 Å². The summed E-state index contributed by atoms with van der Waals surface area (Å²) in [6.07, 6.45) is 1.05. The van der Waals surface area contributed by atoms with Gasteiger partial charge in [-0.05, 0) is 50.5 Å². The van der Waals surface area contributed by atoms with E-state index in [0.717, 1.165) is 23.1 Å². The van der Waals surface area contributed by atoms with Crippen LogP contribution in [0.4, 0.5) is 4.39 Å². The van der Waals surface area contributed by atoms with Gasteiger partial charge in [-0.1, -0.05) is 73.2 Å². The number of aryl methyl sites for hydroxylation is 2. The molecule has 0 aliphatic heterocycles. The maximum Gasteiger partial charge on any atom is 0.261 e. The lowest BCUT2D eigenvalue weighted by Gasteiger charge is -2.32. The number of hydrogen-bond acceptors (Lipinski definition) is 3. The highest BCUT2D eigenvalue weighted by molar-refractivity contribution is 5.88. The second kappa shape index (κ2) is 12.9. The number of rotatable bonds is 11. The summed E-state index contributed by atoms with van der Waals surface area (Å²) in [5, 5.41) is 3.01. The molecule has 0 aromatic heterocycles. The van der Waals surface area contributed by atoms with Gasteiger partial charge in [-0.25, -0.2) is 4.39 Å². The van der Waals surface area contributed by atoms with Gasteiger partial charge in [-0.15, -0.1) is 0 Å². The Morgan fingerprint density at radius 3 is 2.36 bits per heavy atom. The molecular weight excluding hydrogens is 455 g/mol. The minimum atomic E-state index is -0.837. The van der Waals surface area contributed by atoms with E-state index in [1.165, 1.54) is 11.0 Å². The first kappa shape index (κ1) is 26.9. The summed E-state index contributed by atoms with van der Waals surface area (Å²) in [6, 6.07) is 20.7. The Kier molecular flexibility index (Phi) is 9.62. The van der Waals surface area contributed by atoms with E-state index in [1.54, 1.807) is 18.2 Å². The largest absolute Gasteiger partial charge is 0.483 e. The maximum absolute atomic E-state index is 14.6. The number of nitrogens with zero attached hydrogens (tertiary/aromatic N) is 1. The van der Waals surface area contributed by atoms with Crippen molar-refractivity contribution in [1.29, 1.82) is 0 Å². The van der Waals surface area contributed by atoms with Crippen LogP contribution in [0, 0.1) is 19.7 Å². The first-order valence-electron chi connectivity index (χ1n) is 12.4. The third-order valence-corrected chi connectivity index (χ3v) is 6.25. The third kappa shape index (κ3) is 7.41. The summed E-state index contributed by atoms with van der Waals surface area (Å²) in [4.78, 5) is 28.5. The number of carbonyl (C=O) groups is 2. The zero-order chi connectivity index (χ0) is 26.1. The van der Waals surface area contributed by atoms with Crippen molar-refractivity contribution in [2.75, 3.05) is 6.61 Å². The zero-order valence-electron chi connectivity index (χ0n) is 21.5. The maximum atomic E-state index is 14.6. The fourth-order valence-corrected chi connectivity index (χ4v) is 3.99. The van der Waals surface area contributed by atoms with E-state index in [-0.39, 0.29) is 25.1 Å². The van der Waals surface area contributed by atoms with Crippen molar-refractivity contribution in [1.82, 2.24) is 10.2 Å². The molecule has 0 unspecified atom stereocenters. The summed E-state index contributed by atoms with van der Waals surface area (Å²) in [6.45, 7) is 7.50. The molecule has 1 N–H and O–H groups in total. The van der Waals surface area contributed by atoms with Crippen molar-refractivity contribution in [2.45, 2.75) is 59.2 Å². The molecule has 3 aromatic carbocycles. The number of hydrogen-bond donors (Lipinski definition) is 1. The number of ether oxygens (including phenoxy) is 1. The Morgan fingerprint density at radius 2 is 1.69 bits per heavy atom. The Balaban J connectivity index is 1.93. The smallest absolute Gasteiger partial charge is 0.261 e. The van der Waals surface area contributed by atoms with Gasteiger partial charge < -0.3 is 15.0 Å². The average molecular weight is 491 g/mol. The quantitative estimate of drug-likeness (QED) is 0.393. The number of benzene rings is 3. The number of carbonyl (C=O) groups excluding carboxylic acids is 2. The van der Waals surface area contributed by atoms with Gasteiger partial charge in [0.1, 0.15) is 17.6 Å². The van der Waals surface area contributed by atoms with Gasteiger partial charge in [0.05, 0.1) is 0 Å². The number of nitrogens with one attached hydrogen (secondary N) is 1. The van der Waals surface area contributed by atoms with Gasteiger partial charge in [0, 0.05) is 24.6 Å². The van der Waals surface area contributed by atoms with E-state index in [0.29, 0.717) is 17.7 Å². The van der Waals surface area contributed by atoms with Crippen molar-refractivity contribution >= 4 is 11.8 Å². The van der Waals surface area contributed by atoms with Crippen molar-refractivity contribution in [3.8, 4) is 5.75 Å². The molecule has 2 atom stereocenters. The van der Waals surface area contributed by atoms with Crippen LogP contribution in [0.1, 0.15) is 42.5 Å². The van der Waals surface area contributed by atoms with Crippen LogP contribution in [0.5, 0.6) is 5.75 Å². The minimum Gasteiger partial charge on any atom is -0.483 e. The molecule has 5 nitrogen and oxygen atoms in total. The Hall–Kier alpha value is -3.67. The third-order valence-electron chi connectivity index (χ3n) is 6.25. The standard InChI is InChI=1S/C30H35FN2O3/c1-5-23(4)32-30(35)27(18-24-11-7-6-8-12-24)33(19-25-13-9-10-14-26(25)31)29(34)20-36-28-16-15-21(2)17-22(28)3/h6-17,23,27H,5,18-20H2,1-4H3,(H,32,35)/t23-,27-/m0/s1. The molecule has 0 aliphatic rings. The van der Waals surface area contributed by atoms with Crippen molar-refractivity contribution in [3.63, 3.8) is 0 Å². The lowest BCUT2D eigenvalue weighted by Crippen LogP contribution is -2.53. The second-order valence-electron chi connectivity index (χ2n) is 9.19. The monoisotopic (exact) mass is 490 g/mol. The lowest BCUT2D eigenvalue weighted by atomic mass is 10.0. The van der Waals surface area contributed by atoms with E-state index in [1.807, 2.05) is 76.2 Å². The highest BCUT2D eigenvalue weighted by Crippen LogP contribution is 2.21. The molecule has 190 valence electrons. The van der Waals surface area contributed by atoms with Crippen LogP contribution in [-0.4, -0.2) is 35.4 Å². The molecule has 0 aliphatic carbocycles. The molecule has 3 rings (SSSR count). The molecule has 2 amide bonds. The first-order chi connectivity index (χ1) is 17.3. The van der Waals surface area contributed by atoms with Crippen molar-refractivity contribution < 1.29 is 18.7 Å². The van der Waals surface area contributed by atoms with Crippen LogP contribution < -0.4 is 10.1 Å². The van der Waals surface area contributed by atoms with Crippen LogP contribution >= 0.6 is 0 Å². The normalized spacial score (nSPS) is 12.5. The second-order valence-corrected chi connectivity index (χ2v) is 9.19. The van der Waals surface area contributed by atoms with E-state index >= 15 is 0 Å². The van der Waals surface area contributed by atoms with Crippen molar-refractivity contribution in [3.05, 3.63) is 101 Å². The number of halogens is 1. The highest BCUT2D eigenvalue weighted by Gasteiger charge is 2.31.